The Labute approximate surface area is 112 Å². The number of rotatable bonds is 9. The molecule has 106 valence electrons. The van der Waals surface area contributed by atoms with Gasteiger partial charge < -0.3 is 19.7 Å². The molecule has 0 aliphatic rings. The molecule has 5 nitrogen and oxygen atoms in total. The van der Waals surface area contributed by atoms with E-state index in [1.807, 2.05) is 6.92 Å². The summed E-state index contributed by atoms with van der Waals surface area (Å²) < 4.78 is 10.7. The molecule has 5 heteroatoms. The van der Waals surface area contributed by atoms with Crippen molar-refractivity contribution in [2.75, 3.05) is 19.8 Å². The van der Waals surface area contributed by atoms with Crippen molar-refractivity contribution in [3.05, 3.63) is 29.8 Å². The Hall–Kier alpha value is -1.59. The molecule has 0 aliphatic heterocycles. The number of benzene rings is 1. The van der Waals surface area contributed by atoms with Gasteiger partial charge in [0.1, 0.15) is 5.75 Å². The fourth-order valence-corrected chi connectivity index (χ4v) is 1.53. The molecular formula is C14H20O5. The minimum atomic E-state index is -1.04. The molecule has 0 radical (unpaired) electrons. The van der Waals surface area contributed by atoms with Crippen molar-refractivity contribution in [1.29, 1.82) is 0 Å². The summed E-state index contributed by atoms with van der Waals surface area (Å²) in [5, 5.41) is 17.8. The van der Waals surface area contributed by atoms with Crippen molar-refractivity contribution in [2.45, 2.75) is 25.9 Å². The molecule has 1 unspecified atom stereocenters. The Kier molecular flexibility index (Phi) is 6.92. The number of aliphatic hydroxyl groups is 1. The van der Waals surface area contributed by atoms with Crippen molar-refractivity contribution in [3.63, 3.8) is 0 Å². The molecule has 0 aliphatic carbocycles. The van der Waals surface area contributed by atoms with E-state index in [-0.39, 0.29) is 13.2 Å². The van der Waals surface area contributed by atoms with Crippen molar-refractivity contribution in [1.82, 2.24) is 0 Å². The van der Waals surface area contributed by atoms with E-state index in [0.29, 0.717) is 24.3 Å². The van der Waals surface area contributed by atoms with Crippen molar-refractivity contribution >= 4 is 5.97 Å². The van der Waals surface area contributed by atoms with E-state index in [1.165, 1.54) is 0 Å². The highest BCUT2D eigenvalue weighted by atomic mass is 16.5. The molecular weight excluding hydrogens is 248 g/mol. The molecule has 1 atom stereocenters. The van der Waals surface area contributed by atoms with Gasteiger partial charge in [-0.25, -0.2) is 4.79 Å². The smallest absolute Gasteiger partial charge is 0.337 e. The lowest BCUT2D eigenvalue weighted by Crippen LogP contribution is -2.16. The van der Waals surface area contributed by atoms with Gasteiger partial charge in [0.15, 0.2) is 6.10 Å². The first-order valence-corrected chi connectivity index (χ1v) is 6.37. The lowest BCUT2D eigenvalue weighted by molar-refractivity contribution is -0.151. The van der Waals surface area contributed by atoms with Gasteiger partial charge in [-0.15, -0.1) is 0 Å². The SMILES string of the molecule is CCCOc1ccc(C(OCCCO)C(=O)O)cc1. The highest BCUT2D eigenvalue weighted by Crippen LogP contribution is 2.21. The molecule has 0 saturated carbocycles. The second-order valence-corrected chi connectivity index (χ2v) is 4.08. The summed E-state index contributed by atoms with van der Waals surface area (Å²) in [6, 6.07) is 6.83. The van der Waals surface area contributed by atoms with Crippen LogP contribution in [0.25, 0.3) is 0 Å². The number of hydrogen-bond acceptors (Lipinski definition) is 4. The van der Waals surface area contributed by atoms with E-state index >= 15 is 0 Å². The minimum Gasteiger partial charge on any atom is -0.494 e. The summed E-state index contributed by atoms with van der Waals surface area (Å²) in [5.41, 5.74) is 0.564. The van der Waals surface area contributed by atoms with Crippen LogP contribution < -0.4 is 4.74 Å². The summed E-state index contributed by atoms with van der Waals surface area (Å²) >= 11 is 0. The summed E-state index contributed by atoms with van der Waals surface area (Å²) in [5.74, 6) is -0.328. The first-order chi connectivity index (χ1) is 9.19. The monoisotopic (exact) mass is 268 g/mol. The normalized spacial score (nSPS) is 12.1. The standard InChI is InChI=1S/C14H20O5/c1-2-9-18-12-6-4-11(5-7-12)13(14(16)17)19-10-3-8-15/h4-7,13,15H,2-3,8-10H2,1H3,(H,16,17). The fourth-order valence-electron chi connectivity index (χ4n) is 1.53. The first kappa shape index (κ1) is 15.5. The van der Waals surface area contributed by atoms with Crippen LogP contribution in [0.15, 0.2) is 24.3 Å². The second-order valence-electron chi connectivity index (χ2n) is 4.08. The number of carboxylic acid groups (broad SMARTS) is 1. The van der Waals surface area contributed by atoms with E-state index in [9.17, 15) is 4.79 Å². The van der Waals surface area contributed by atoms with E-state index < -0.39 is 12.1 Å². The van der Waals surface area contributed by atoms with Crippen LogP contribution in [0.5, 0.6) is 5.75 Å². The molecule has 0 fully saturated rings. The van der Waals surface area contributed by atoms with Gasteiger partial charge in [0.05, 0.1) is 13.2 Å². The molecule has 0 saturated heterocycles. The van der Waals surface area contributed by atoms with Crippen molar-refractivity contribution in [2.24, 2.45) is 0 Å². The molecule has 0 spiro atoms. The Bertz CT molecular complexity index is 374. The Morgan fingerprint density at radius 1 is 1.26 bits per heavy atom. The van der Waals surface area contributed by atoms with E-state index in [2.05, 4.69) is 0 Å². The molecule has 0 aromatic heterocycles. The number of aliphatic hydroxyl groups excluding tert-OH is 1. The van der Waals surface area contributed by atoms with E-state index in [0.717, 1.165) is 6.42 Å². The second kappa shape index (κ2) is 8.50. The predicted octanol–water partition coefficient (Wildman–Crippen LogP) is 2.00. The summed E-state index contributed by atoms with van der Waals surface area (Å²) in [6.07, 6.45) is 0.331. The Morgan fingerprint density at radius 3 is 2.47 bits per heavy atom. The Balaban J connectivity index is 2.65. The van der Waals surface area contributed by atoms with Crippen LogP contribution >= 0.6 is 0 Å². The summed E-state index contributed by atoms with van der Waals surface area (Å²) in [6.45, 7) is 2.84. The minimum absolute atomic E-state index is 0.0177. The van der Waals surface area contributed by atoms with Gasteiger partial charge in [0.25, 0.3) is 0 Å². The van der Waals surface area contributed by atoms with Crippen LogP contribution in [0.4, 0.5) is 0 Å². The molecule has 1 rings (SSSR count). The Morgan fingerprint density at radius 2 is 1.95 bits per heavy atom. The zero-order valence-electron chi connectivity index (χ0n) is 11.0. The number of hydrogen-bond donors (Lipinski definition) is 2. The predicted molar refractivity (Wildman–Crippen MR) is 70.3 cm³/mol. The lowest BCUT2D eigenvalue weighted by atomic mass is 10.1. The third kappa shape index (κ3) is 5.28. The van der Waals surface area contributed by atoms with Gasteiger partial charge in [0, 0.05) is 6.61 Å². The van der Waals surface area contributed by atoms with E-state index in [4.69, 9.17) is 19.7 Å². The van der Waals surface area contributed by atoms with Crippen LogP contribution in [-0.2, 0) is 9.53 Å². The zero-order chi connectivity index (χ0) is 14.1. The topological polar surface area (TPSA) is 76.0 Å². The molecule has 0 heterocycles. The summed E-state index contributed by atoms with van der Waals surface area (Å²) in [4.78, 5) is 11.1. The van der Waals surface area contributed by atoms with Crippen molar-refractivity contribution in [3.8, 4) is 5.75 Å². The molecule has 1 aromatic rings. The van der Waals surface area contributed by atoms with E-state index in [1.54, 1.807) is 24.3 Å². The molecule has 0 amide bonds. The number of ether oxygens (including phenoxy) is 2. The van der Waals surface area contributed by atoms with Gasteiger partial charge >= 0.3 is 5.97 Å². The molecule has 1 aromatic carbocycles. The lowest BCUT2D eigenvalue weighted by Gasteiger charge is -2.14. The highest BCUT2D eigenvalue weighted by molar-refractivity contribution is 5.74. The number of carboxylic acids is 1. The number of carbonyl (C=O) groups is 1. The van der Waals surface area contributed by atoms with Crippen LogP contribution in [0.1, 0.15) is 31.4 Å². The van der Waals surface area contributed by atoms with Gasteiger partial charge in [-0.2, -0.15) is 0 Å². The average molecular weight is 268 g/mol. The quantitative estimate of drug-likeness (QED) is 0.670. The highest BCUT2D eigenvalue weighted by Gasteiger charge is 2.20. The van der Waals surface area contributed by atoms with Crippen LogP contribution in [0, 0.1) is 0 Å². The van der Waals surface area contributed by atoms with Crippen LogP contribution in [0.2, 0.25) is 0 Å². The van der Waals surface area contributed by atoms with Crippen LogP contribution in [0.3, 0.4) is 0 Å². The maximum absolute atomic E-state index is 11.1. The van der Waals surface area contributed by atoms with Gasteiger partial charge in [-0.1, -0.05) is 19.1 Å². The number of aliphatic carboxylic acids is 1. The molecule has 0 bridgehead atoms. The summed E-state index contributed by atoms with van der Waals surface area (Å²) in [7, 11) is 0. The zero-order valence-corrected chi connectivity index (χ0v) is 11.0. The maximum atomic E-state index is 11.1. The van der Waals surface area contributed by atoms with Crippen LogP contribution in [-0.4, -0.2) is 36.0 Å². The van der Waals surface area contributed by atoms with Gasteiger partial charge in [-0.3, -0.25) is 0 Å². The van der Waals surface area contributed by atoms with Gasteiger partial charge in [-0.05, 0) is 30.5 Å². The third-order valence-electron chi connectivity index (χ3n) is 2.47. The third-order valence-corrected chi connectivity index (χ3v) is 2.47. The van der Waals surface area contributed by atoms with Gasteiger partial charge in [0.2, 0.25) is 0 Å². The molecule has 2 N–H and O–H groups in total. The average Bonchev–Trinajstić information content (AvgIpc) is 2.42. The largest absolute Gasteiger partial charge is 0.494 e. The molecule has 19 heavy (non-hydrogen) atoms. The fraction of sp³-hybridized carbons (Fsp3) is 0.500. The first-order valence-electron chi connectivity index (χ1n) is 6.37. The van der Waals surface area contributed by atoms with Crippen molar-refractivity contribution < 1.29 is 24.5 Å². The maximum Gasteiger partial charge on any atom is 0.337 e.